The van der Waals surface area contributed by atoms with Gasteiger partial charge in [-0.25, -0.2) is 18.6 Å². The molecule has 2 heterocycles. The van der Waals surface area contributed by atoms with Crippen LogP contribution in [0.5, 0.6) is 5.75 Å². The fourth-order valence-electron chi connectivity index (χ4n) is 4.59. The summed E-state index contributed by atoms with van der Waals surface area (Å²) in [6.07, 6.45) is 0.955. The Hall–Kier alpha value is -4.38. The number of fused-ring (bicyclic) bond motifs is 1. The zero-order valence-electron chi connectivity index (χ0n) is 21.8. The minimum absolute atomic E-state index is 0.123. The molecule has 2 aliphatic rings. The van der Waals surface area contributed by atoms with E-state index < -0.39 is 17.7 Å². The molecule has 5 rings (SSSR count). The van der Waals surface area contributed by atoms with Gasteiger partial charge in [-0.15, -0.1) is 0 Å². The van der Waals surface area contributed by atoms with E-state index >= 15 is 0 Å². The third kappa shape index (κ3) is 5.94. The topological polar surface area (TPSA) is 95.1 Å². The molecule has 3 aromatic rings. The number of ether oxygens (including phenoxy) is 1. The van der Waals surface area contributed by atoms with E-state index in [-0.39, 0.29) is 17.6 Å². The van der Waals surface area contributed by atoms with E-state index in [2.05, 4.69) is 20.9 Å². The maximum Gasteiger partial charge on any atom is 0.323 e. The third-order valence-corrected chi connectivity index (χ3v) is 7.59. The van der Waals surface area contributed by atoms with Crippen molar-refractivity contribution in [1.29, 1.82) is 0 Å². The molecular weight excluding hydrogens is 536 g/mol. The van der Waals surface area contributed by atoms with E-state index in [1.807, 2.05) is 19.1 Å². The number of halogens is 2. The molecule has 206 valence electrons. The molecule has 1 fully saturated rings. The molecule has 1 atom stereocenters. The number of carbonyl (C=O) groups excluding carboxylic acids is 2. The quantitative estimate of drug-likeness (QED) is 0.324. The Morgan fingerprint density at radius 1 is 0.925 bits per heavy atom. The zero-order chi connectivity index (χ0) is 28.2. The first kappa shape index (κ1) is 27.2. The molecule has 40 heavy (non-hydrogen) atoms. The van der Waals surface area contributed by atoms with Crippen LogP contribution in [0.1, 0.15) is 24.9 Å². The van der Waals surface area contributed by atoms with Crippen molar-refractivity contribution in [3.05, 3.63) is 95.2 Å². The number of carbonyl (C=O) groups is 2. The lowest BCUT2D eigenvalue weighted by Crippen LogP contribution is -2.43. The standard InChI is InChI=1S/C29H27F2N5O3S/c1-17-25(27(37)33-19-8-11-22(39-2)12-9-19)26(36-14-3-15-40-29(36)32-17)18-4-6-20(7-5-18)34-28(38)35-21-10-13-23(30)24(31)16-21/h4-13,16,26H,3,14-15H2,1-2H3,(H,33,37)(H2,34,35,38). The SMILES string of the molecule is COc1ccc(NC(=O)C2=C(C)N=C3SCCCN3C2c2ccc(NC(=O)Nc3ccc(F)c(F)c3)cc2)cc1. The molecule has 11 heteroatoms. The number of aliphatic imine (C=N–C) groups is 1. The van der Waals surface area contributed by atoms with Gasteiger partial charge in [-0.3, -0.25) is 4.79 Å². The summed E-state index contributed by atoms with van der Waals surface area (Å²) >= 11 is 1.67. The summed E-state index contributed by atoms with van der Waals surface area (Å²) in [4.78, 5) is 32.9. The van der Waals surface area contributed by atoms with Crippen LogP contribution in [0.15, 0.2) is 83.0 Å². The summed E-state index contributed by atoms with van der Waals surface area (Å²) in [5, 5.41) is 9.03. The molecule has 0 aromatic heterocycles. The number of methoxy groups -OCH3 is 1. The van der Waals surface area contributed by atoms with Crippen LogP contribution in [-0.4, -0.2) is 41.4 Å². The highest BCUT2D eigenvalue weighted by molar-refractivity contribution is 8.13. The van der Waals surface area contributed by atoms with Gasteiger partial charge in [-0.2, -0.15) is 0 Å². The van der Waals surface area contributed by atoms with Gasteiger partial charge in [-0.05, 0) is 67.4 Å². The Bertz CT molecular complexity index is 1490. The third-order valence-electron chi connectivity index (χ3n) is 6.51. The van der Waals surface area contributed by atoms with Gasteiger partial charge in [0.2, 0.25) is 0 Å². The predicted octanol–water partition coefficient (Wildman–Crippen LogP) is 6.38. The van der Waals surface area contributed by atoms with Crippen LogP contribution in [0.3, 0.4) is 0 Å². The highest BCUT2D eigenvalue weighted by atomic mass is 32.2. The fraction of sp³-hybridized carbons (Fsp3) is 0.207. The maximum atomic E-state index is 13.6. The van der Waals surface area contributed by atoms with E-state index in [0.717, 1.165) is 41.6 Å². The van der Waals surface area contributed by atoms with Crippen LogP contribution in [0.2, 0.25) is 0 Å². The van der Waals surface area contributed by atoms with Crippen molar-refractivity contribution in [2.24, 2.45) is 4.99 Å². The number of amidine groups is 1. The summed E-state index contributed by atoms with van der Waals surface area (Å²) in [5.74, 6) is -0.650. The maximum absolute atomic E-state index is 13.6. The van der Waals surface area contributed by atoms with Crippen molar-refractivity contribution in [3.63, 3.8) is 0 Å². The predicted molar refractivity (Wildman–Crippen MR) is 154 cm³/mol. The van der Waals surface area contributed by atoms with Gasteiger partial charge in [0.15, 0.2) is 16.8 Å². The summed E-state index contributed by atoms with van der Waals surface area (Å²) in [7, 11) is 1.58. The Kier molecular flexibility index (Phi) is 8.01. The van der Waals surface area contributed by atoms with Crippen LogP contribution in [0, 0.1) is 11.6 Å². The normalized spacial score (nSPS) is 16.6. The monoisotopic (exact) mass is 563 g/mol. The van der Waals surface area contributed by atoms with Crippen LogP contribution in [0.25, 0.3) is 0 Å². The molecule has 8 nitrogen and oxygen atoms in total. The molecule has 1 unspecified atom stereocenters. The number of hydrogen-bond acceptors (Lipinski definition) is 6. The number of amides is 3. The van der Waals surface area contributed by atoms with Crippen molar-refractivity contribution >= 4 is 45.9 Å². The highest BCUT2D eigenvalue weighted by Gasteiger charge is 2.37. The van der Waals surface area contributed by atoms with Crippen molar-refractivity contribution in [3.8, 4) is 5.75 Å². The molecule has 3 aromatic carbocycles. The van der Waals surface area contributed by atoms with Crippen LogP contribution >= 0.6 is 11.8 Å². The average molecular weight is 564 g/mol. The Morgan fingerprint density at radius 2 is 1.57 bits per heavy atom. The van der Waals surface area contributed by atoms with Crippen molar-refractivity contribution in [2.45, 2.75) is 19.4 Å². The molecule has 3 N–H and O–H groups in total. The summed E-state index contributed by atoms with van der Waals surface area (Å²) in [6.45, 7) is 2.59. The van der Waals surface area contributed by atoms with Crippen molar-refractivity contribution in [2.75, 3.05) is 35.4 Å². The fourth-order valence-corrected chi connectivity index (χ4v) is 5.61. The van der Waals surface area contributed by atoms with Crippen LogP contribution in [0.4, 0.5) is 30.6 Å². The van der Waals surface area contributed by atoms with Crippen LogP contribution in [-0.2, 0) is 4.79 Å². The number of rotatable bonds is 6. The van der Waals surface area contributed by atoms with Gasteiger partial charge in [0, 0.05) is 35.4 Å². The van der Waals surface area contributed by atoms with Gasteiger partial charge in [0.05, 0.1) is 24.4 Å². The number of anilines is 3. The molecule has 0 aliphatic carbocycles. The number of nitrogens with zero attached hydrogens (tertiary/aromatic N) is 2. The van der Waals surface area contributed by atoms with Crippen molar-refractivity contribution in [1.82, 2.24) is 4.90 Å². The number of benzene rings is 3. The van der Waals surface area contributed by atoms with Gasteiger partial charge in [0.25, 0.3) is 5.91 Å². The number of hydrogen-bond donors (Lipinski definition) is 3. The average Bonchev–Trinajstić information content (AvgIpc) is 2.95. The second-order valence-corrected chi connectivity index (χ2v) is 10.3. The molecule has 0 bridgehead atoms. The van der Waals surface area contributed by atoms with E-state index in [9.17, 15) is 18.4 Å². The lowest BCUT2D eigenvalue weighted by atomic mass is 9.93. The number of thioether (sulfide) groups is 1. The zero-order valence-corrected chi connectivity index (χ0v) is 22.6. The van der Waals surface area contributed by atoms with E-state index in [1.165, 1.54) is 6.07 Å². The highest BCUT2D eigenvalue weighted by Crippen LogP contribution is 2.40. The molecule has 2 aliphatic heterocycles. The van der Waals surface area contributed by atoms with E-state index in [4.69, 9.17) is 9.73 Å². The summed E-state index contributed by atoms with van der Waals surface area (Å²) in [5.41, 5.74) is 3.30. The molecule has 0 radical (unpaired) electrons. The molecular formula is C29H27F2N5O3S. The smallest absolute Gasteiger partial charge is 0.323 e. The number of urea groups is 1. The minimum atomic E-state index is -1.05. The lowest BCUT2D eigenvalue weighted by molar-refractivity contribution is -0.113. The molecule has 0 saturated carbocycles. The van der Waals surface area contributed by atoms with Gasteiger partial charge in [-0.1, -0.05) is 23.9 Å². The number of nitrogens with one attached hydrogen (secondary N) is 3. The molecule has 1 saturated heterocycles. The Morgan fingerprint density at radius 3 is 2.27 bits per heavy atom. The van der Waals surface area contributed by atoms with E-state index in [1.54, 1.807) is 55.3 Å². The largest absolute Gasteiger partial charge is 0.497 e. The summed E-state index contributed by atoms with van der Waals surface area (Å²) < 4.78 is 31.8. The van der Waals surface area contributed by atoms with E-state index in [0.29, 0.717) is 28.4 Å². The second kappa shape index (κ2) is 11.8. The molecule has 3 amide bonds. The minimum Gasteiger partial charge on any atom is -0.497 e. The summed E-state index contributed by atoms with van der Waals surface area (Å²) in [6, 6.07) is 16.4. The first-order valence-electron chi connectivity index (χ1n) is 12.6. The van der Waals surface area contributed by atoms with Gasteiger partial charge < -0.3 is 25.6 Å². The van der Waals surface area contributed by atoms with Gasteiger partial charge >= 0.3 is 6.03 Å². The Labute approximate surface area is 234 Å². The first-order chi connectivity index (χ1) is 19.3. The lowest BCUT2D eigenvalue weighted by Gasteiger charge is -2.41. The van der Waals surface area contributed by atoms with Crippen molar-refractivity contribution < 1.29 is 23.1 Å². The van der Waals surface area contributed by atoms with Gasteiger partial charge in [0.1, 0.15) is 5.75 Å². The second-order valence-electron chi connectivity index (χ2n) is 9.20. The first-order valence-corrected chi connectivity index (χ1v) is 13.6. The molecule has 0 spiro atoms. The number of allylic oxidation sites excluding steroid dienone is 1. The Balaban J connectivity index is 1.36. The van der Waals surface area contributed by atoms with Crippen LogP contribution < -0.4 is 20.7 Å².